The molecule has 0 aliphatic carbocycles. The highest BCUT2D eigenvalue weighted by Crippen LogP contribution is 2.37. The zero-order valence-corrected chi connectivity index (χ0v) is 18.6. The first-order chi connectivity index (χ1) is 17.3. The van der Waals surface area contributed by atoms with E-state index in [1.165, 1.54) is 24.8 Å². The highest BCUT2D eigenvalue weighted by atomic mass is 35.5. The van der Waals surface area contributed by atoms with E-state index in [4.69, 9.17) is 30.7 Å². The van der Waals surface area contributed by atoms with Gasteiger partial charge in [-0.2, -0.15) is 26.3 Å². The SMILES string of the molecule is FC(F)(F)c1cc(Nc2nnc(-c3ccc(Oc4cncnc4)cc3)o2)ccc1Cl.O=C(O)C(F)(F)F. The molecule has 37 heavy (non-hydrogen) atoms. The largest absolute Gasteiger partial charge is 0.490 e. The number of hydrogen-bond acceptors (Lipinski definition) is 8. The van der Waals surface area contributed by atoms with Crippen LogP contribution in [0.15, 0.2) is 65.6 Å². The first-order valence-corrected chi connectivity index (χ1v) is 10.0. The monoisotopic (exact) mass is 547 g/mol. The average molecular weight is 548 g/mol. The standard InChI is InChI=1S/C19H11ClF3N5O2.C2HF3O2/c20-16-6-3-12(7-15(16)19(21,22)23)26-18-28-27-17(30-18)11-1-4-13(5-2-11)29-14-8-24-10-25-9-14;3-2(4,5)1(6)7/h1-10H,(H,26,28);(H,6,7). The molecule has 9 nitrogen and oxygen atoms in total. The lowest BCUT2D eigenvalue weighted by Crippen LogP contribution is -2.21. The van der Waals surface area contributed by atoms with Gasteiger partial charge in [0.25, 0.3) is 0 Å². The van der Waals surface area contributed by atoms with Crippen LogP contribution in [0.2, 0.25) is 5.02 Å². The van der Waals surface area contributed by atoms with Gasteiger partial charge < -0.3 is 19.6 Å². The van der Waals surface area contributed by atoms with E-state index in [9.17, 15) is 26.3 Å². The highest BCUT2D eigenvalue weighted by Gasteiger charge is 2.38. The van der Waals surface area contributed by atoms with Crippen LogP contribution < -0.4 is 10.1 Å². The molecule has 0 spiro atoms. The molecule has 0 aliphatic rings. The summed E-state index contributed by atoms with van der Waals surface area (Å²) in [5, 5.41) is 17.1. The average Bonchev–Trinajstić information content (AvgIpc) is 3.29. The summed E-state index contributed by atoms with van der Waals surface area (Å²) in [6.07, 6.45) is -5.22. The van der Waals surface area contributed by atoms with Crippen molar-refractivity contribution < 1.29 is 45.4 Å². The van der Waals surface area contributed by atoms with Crippen LogP contribution in [0.4, 0.5) is 38.0 Å². The fraction of sp³-hybridized carbons (Fsp3) is 0.0952. The van der Waals surface area contributed by atoms with Gasteiger partial charge in [0, 0.05) is 11.3 Å². The lowest BCUT2D eigenvalue weighted by molar-refractivity contribution is -0.192. The summed E-state index contributed by atoms with van der Waals surface area (Å²) >= 11 is 5.62. The molecule has 4 aromatic rings. The minimum Gasteiger partial charge on any atom is -0.475 e. The van der Waals surface area contributed by atoms with Gasteiger partial charge in [-0.25, -0.2) is 14.8 Å². The predicted molar refractivity (Wildman–Crippen MR) is 115 cm³/mol. The number of hydrogen-bond donors (Lipinski definition) is 2. The van der Waals surface area contributed by atoms with Crippen LogP contribution in [-0.2, 0) is 11.0 Å². The second-order valence-electron chi connectivity index (χ2n) is 6.73. The predicted octanol–water partition coefficient (Wildman–Crippen LogP) is 6.37. The Morgan fingerprint density at radius 3 is 2.14 bits per heavy atom. The molecule has 0 amide bonds. The number of anilines is 2. The fourth-order valence-corrected chi connectivity index (χ4v) is 2.70. The number of aliphatic carboxylic acids is 1. The van der Waals surface area contributed by atoms with Crippen molar-refractivity contribution in [2.45, 2.75) is 12.4 Å². The normalized spacial score (nSPS) is 11.3. The number of nitrogens with zero attached hydrogens (tertiary/aromatic N) is 4. The van der Waals surface area contributed by atoms with Crippen molar-refractivity contribution in [2.75, 3.05) is 5.32 Å². The number of ether oxygens (including phenoxy) is 1. The van der Waals surface area contributed by atoms with Crippen LogP contribution in [0, 0.1) is 0 Å². The number of carbonyl (C=O) groups is 1. The zero-order chi connectivity index (χ0) is 27.2. The van der Waals surface area contributed by atoms with Crippen molar-refractivity contribution >= 4 is 29.3 Å². The molecule has 4 rings (SSSR count). The molecular formula is C21H12ClF6N5O4. The Morgan fingerprint density at radius 2 is 1.57 bits per heavy atom. The number of aromatic nitrogens is 4. The van der Waals surface area contributed by atoms with Crippen molar-refractivity contribution in [2.24, 2.45) is 0 Å². The first kappa shape index (κ1) is 27.2. The van der Waals surface area contributed by atoms with Gasteiger partial charge in [-0.3, -0.25) is 0 Å². The summed E-state index contributed by atoms with van der Waals surface area (Å²) in [7, 11) is 0. The second-order valence-corrected chi connectivity index (χ2v) is 7.14. The first-order valence-electron chi connectivity index (χ1n) is 9.63. The van der Waals surface area contributed by atoms with Gasteiger partial charge in [-0.05, 0) is 42.5 Å². The van der Waals surface area contributed by atoms with Crippen molar-refractivity contribution in [1.29, 1.82) is 0 Å². The van der Waals surface area contributed by atoms with Crippen molar-refractivity contribution in [1.82, 2.24) is 20.2 Å². The Hall–Kier alpha value is -4.40. The number of alkyl halides is 6. The Balaban J connectivity index is 0.000000479. The van der Waals surface area contributed by atoms with Gasteiger partial charge in [0.15, 0.2) is 5.75 Å². The Bertz CT molecular complexity index is 1350. The number of benzene rings is 2. The quantitative estimate of drug-likeness (QED) is 0.274. The van der Waals surface area contributed by atoms with E-state index in [1.807, 2.05) is 0 Å². The van der Waals surface area contributed by atoms with Crippen molar-refractivity contribution in [3.8, 4) is 23.0 Å². The maximum Gasteiger partial charge on any atom is 0.490 e. The third-order valence-electron chi connectivity index (χ3n) is 4.06. The molecule has 2 heterocycles. The molecule has 194 valence electrons. The molecule has 0 atom stereocenters. The molecule has 2 aromatic heterocycles. The van der Waals surface area contributed by atoms with E-state index in [2.05, 4.69) is 25.5 Å². The molecule has 2 aromatic carbocycles. The number of rotatable bonds is 5. The van der Waals surface area contributed by atoms with Gasteiger partial charge in [0.2, 0.25) is 5.89 Å². The Morgan fingerprint density at radius 1 is 0.946 bits per heavy atom. The molecule has 16 heteroatoms. The number of carboxylic acid groups (broad SMARTS) is 1. The van der Waals surface area contributed by atoms with Gasteiger partial charge in [-0.1, -0.05) is 16.7 Å². The van der Waals surface area contributed by atoms with Crippen LogP contribution in [0.5, 0.6) is 11.5 Å². The summed E-state index contributed by atoms with van der Waals surface area (Å²) in [5.74, 6) is -1.55. The number of nitrogens with one attached hydrogen (secondary N) is 1. The van der Waals surface area contributed by atoms with Crippen LogP contribution >= 0.6 is 11.6 Å². The second kappa shape index (κ2) is 11.1. The van der Waals surface area contributed by atoms with Crippen LogP contribution in [0.25, 0.3) is 11.5 Å². The van der Waals surface area contributed by atoms with E-state index >= 15 is 0 Å². The minimum atomic E-state index is -5.08. The van der Waals surface area contributed by atoms with E-state index in [-0.39, 0.29) is 17.6 Å². The van der Waals surface area contributed by atoms with Gasteiger partial charge >= 0.3 is 24.3 Å². The van der Waals surface area contributed by atoms with Crippen molar-refractivity contribution in [3.63, 3.8) is 0 Å². The van der Waals surface area contributed by atoms with Crippen LogP contribution in [-0.4, -0.2) is 37.4 Å². The minimum absolute atomic E-state index is 0.0674. The topological polar surface area (TPSA) is 123 Å². The summed E-state index contributed by atoms with van der Waals surface area (Å²) < 4.78 is 81.8. The van der Waals surface area contributed by atoms with Gasteiger partial charge in [0.1, 0.15) is 12.1 Å². The lowest BCUT2D eigenvalue weighted by Gasteiger charge is -2.10. The summed E-state index contributed by atoms with van der Waals surface area (Å²) in [5.41, 5.74) is -0.261. The Kier molecular flexibility index (Phi) is 8.17. The fourth-order valence-electron chi connectivity index (χ4n) is 2.47. The molecule has 0 aliphatic heterocycles. The number of carboxylic acids is 1. The maximum absolute atomic E-state index is 13.0. The van der Waals surface area contributed by atoms with Crippen LogP contribution in [0.1, 0.15) is 5.56 Å². The molecule has 0 radical (unpaired) electrons. The maximum atomic E-state index is 13.0. The molecule has 0 saturated carbocycles. The third-order valence-corrected chi connectivity index (χ3v) is 4.39. The Labute approximate surface area is 207 Å². The molecular weight excluding hydrogens is 536 g/mol. The smallest absolute Gasteiger partial charge is 0.475 e. The number of halogens is 7. The summed E-state index contributed by atoms with van der Waals surface area (Å²) in [6, 6.07) is 10.1. The molecule has 0 bridgehead atoms. The molecule has 0 saturated heterocycles. The zero-order valence-electron chi connectivity index (χ0n) is 17.9. The summed E-state index contributed by atoms with van der Waals surface area (Å²) in [6.45, 7) is 0. The summed E-state index contributed by atoms with van der Waals surface area (Å²) in [4.78, 5) is 16.6. The van der Waals surface area contributed by atoms with Gasteiger partial charge in [0.05, 0.1) is 23.0 Å². The van der Waals surface area contributed by atoms with E-state index in [0.717, 1.165) is 12.1 Å². The van der Waals surface area contributed by atoms with E-state index < -0.39 is 28.9 Å². The highest BCUT2D eigenvalue weighted by molar-refractivity contribution is 6.31. The van der Waals surface area contributed by atoms with E-state index in [0.29, 0.717) is 17.1 Å². The third kappa shape index (κ3) is 7.79. The van der Waals surface area contributed by atoms with E-state index in [1.54, 1.807) is 24.3 Å². The molecule has 0 unspecified atom stereocenters. The molecule has 0 fully saturated rings. The van der Waals surface area contributed by atoms with Crippen LogP contribution in [0.3, 0.4) is 0 Å². The lowest BCUT2D eigenvalue weighted by atomic mass is 10.2. The van der Waals surface area contributed by atoms with Gasteiger partial charge in [-0.15, -0.1) is 5.10 Å². The van der Waals surface area contributed by atoms with Crippen molar-refractivity contribution in [3.05, 3.63) is 71.8 Å². The molecule has 2 N–H and O–H groups in total.